The molecular weight excluding hydrogens is 386 g/mol. The summed E-state index contributed by atoms with van der Waals surface area (Å²) >= 11 is 0. The van der Waals surface area contributed by atoms with Crippen molar-refractivity contribution < 1.29 is 9.53 Å². The molecule has 2 heterocycles. The van der Waals surface area contributed by atoms with Gasteiger partial charge in [0.05, 0.1) is 18.3 Å². The highest BCUT2D eigenvalue weighted by atomic mass is 16.5. The number of carbonyl (C=O) groups excluding carboxylic acids is 1. The fraction of sp³-hybridized carbons (Fsp3) is 0.385. The molecule has 5 heteroatoms. The first-order valence-electron chi connectivity index (χ1n) is 11.2. The lowest BCUT2D eigenvalue weighted by Crippen LogP contribution is -2.38. The van der Waals surface area contributed by atoms with Crippen LogP contribution in [0.1, 0.15) is 31.2 Å². The van der Waals surface area contributed by atoms with Crippen molar-refractivity contribution in [2.45, 2.75) is 32.1 Å². The zero-order valence-electron chi connectivity index (χ0n) is 18.2. The third-order valence-electron chi connectivity index (χ3n) is 6.15. The molecule has 2 aromatic carbocycles. The first-order valence-corrected chi connectivity index (χ1v) is 11.2. The van der Waals surface area contributed by atoms with Gasteiger partial charge in [0, 0.05) is 17.4 Å². The van der Waals surface area contributed by atoms with Crippen molar-refractivity contribution in [2.24, 2.45) is 5.92 Å². The normalized spacial score (nSPS) is 15.1. The second kappa shape index (κ2) is 10.4. The number of amides is 1. The number of pyridine rings is 1. The fourth-order valence-electron chi connectivity index (χ4n) is 4.31. The lowest BCUT2D eigenvalue weighted by molar-refractivity contribution is -0.121. The van der Waals surface area contributed by atoms with E-state index in [1.807, 2.05) is 30.3 Å². The molecule has 5 nitrogen and oxygen atoms in total. The SMILES string of the molecule is COc1ccc2cccc(NC(=O)C3CCN(CCCCc4ccccc4)CC3)c2n1. The number of ether oxygens (including phenoxy) is 1. The monoisotopic (exact) mass is 417 g/mol. The van der Waals surface area contributed by atoms with Crippen LogP contribution in [0.25, 0.3) is 10.9 Å². The number of likely N-dealkylation sites (tertiary alicyclic amines) is 1. The van der Waals surface area contributed by atoms with Crippen LogP contribution >= 0.6 is 0 Å². The average molecular weight is 418 g/mol. The predicted molar refractivity (Wildman–Crippen MR) is 125 cm³/mol. The van der Waals surface area contributed by atoms with E-state index in [2.05, 4.69) is 45.5 Å². The Bertz CT molecular complexity index is 998. The Balaban J connectivity index is 1.25. The van der Waals surface area contributed by atoms with E-state index in [0.29, 0.717) is 5.88 Å². The molecule has 162 valence electrons. The molecule has 0 atom stereocenters. The summed E-state index contributed by atoms with van der Waals surface area (Å²) in [5.41, 5.74) is 2.94. The molecule has 0 aliphatic carbocycles. The van der Waals surface area contributed by atoms with E-state index in [1.165, 1.54) is 18.4 Å². The Kier molecular flexibility index (Phi) is 7.15. The van der Waals surface area contributed by atoms with Crippen LogP contribution in [0.2, 0.25) is 0 Å². The highest BCUT2D eigenvalue weighted by Gasteiger charge is 2.25. The zero-order valence-corrected chi connectivity index (χ0v) is 18.2. The third kappa shape index (κ3) is 5.61. The number of methoxy groups -OCH3 is 1. The number of aromatic nitrogens is 1. The summed E-state index contributed by atoms with van der Waals surface area (Å²) in [7, 11) is 1.60. The fourth-order valence-corrected chi connectivity index (χ4v) is 4.31. The van der Waals surface area contributed by atoms with Crippen LogP contribution in [0.15, 0.2) is 60.7 Å². The van der Waals surface area contributed by atoms with E-state index in [9.17, 15) is 4.79 Å². The molecular formula is C26H31N3O2. The number of piperidine rings is 1. The molecule has 1 aliphatic heterocycles. The number of aryl methyl sites for hydroxylation is 1. The lowest BCUT2D eigenvalue weighted by Gasteiger charge is -2.31. The third-order valence-corrected chi connectivity index (χ3v) is 6.15. The molecule has 0 unspecified atom stereocenters. The Morgan fingerprint density at radius 3 is 2.61 bits per heavy atom. The zero-order chi connectivity index (χ0) is 21.5. The largest absolute Gasteiger partial charge is 0.481 e. The van der Waals surface area contributed by atoms with Gasteiger partial charge < -0.3 is 15.0 Å². The number of nitrogens with one attached hydrogen (secondary N) is 1. The molecule has 1 aromatic heterocycles. The van der Waals surface area contributed by atoms with Crippen LogP contribution in [0.5, 0.6) is 5.88 Å². The molecule has 1 amide bonds. The van der Waals surface area contributed by atoms with Crippen LogP contribution in [0, 0.1) is 5.92 Å². The van der Waals surface area contributed by atoms with Crippen molar-refractivity contribution >= 4 is 22.5 Å². The van der Waals surface area contributed by atoms with Crippen LogP contribution in [0.4, 0.5) is 5.69 Å². The van der Waals surface area contributed by atoms with E-state index in [4.69, 9.17) is 4.74 Å². The van der Waals surface area contributed by atoms with Gasteiger partial charge in [-0.2, -0.15) is 0 Å². The molecule has 0 radical (unpaired) electrons. The predicted octanol–water partition coefficient (Wildman–Crippen LogP) is 4.92. The summed E-state index contributed by atoms with van der Waals surface area (Å²) in [4.78, 5) is 19.9. The van der Waals surface area contributed by atoms with Gasteiger partial charge in [0.25, 0.3) is 0 Å². The molecule has 1 saturated heterocycles. The van der Waals surface area contributed by atoms with E-state index in [0.717, 1.165) is 55.5 Å². The number of anilines is 1. The van der Waals surface area contributed by atoms with E-state index in [-0.39, 0.29) is 11.8 Å². The van der Waals surface area contributed by atoms with Crippen molar-refractivity contribution in [3.63, 3.8) is 0 Å². The molecule has 1 fully saturated rings. The van der Waals surface area contributed by atoms with Crippen LogP contribution < -0.4 is 10.1 Å². The topological polar surface area (TPSA) is 54.5 Å². The number of benzene rings is 2. The minimum atomic E-state index is 0.0569. The van der Waals surface area contributed by atoms with Crippen molar-refractivity contribution in [3.05, 3.63) is 66.2 Å². The number of carbonyl (C=O) groups is 1. The number of nitrogens with zero attached hydrogens (tertiary/aromatic N) is 2. The van der Waals surface area contributed by atoms with Crippen LogP contribution in [-0.4, -0.2) is 42.5 Å². The number of hydrogen-bond acceptors (Lipinski definition) is 4. The number of rotatable bonds is 8. The minimum Gasteiger partial charge on any atom is -0.481 e. The van der Waals surface area contributed by atoms with Crippen LogP contribution in [0.3, 0.4) is 0 Å². The standard InChI is InChI=1S/C26H31N3O2/c1-31-24-14-13-21-11-7-12-23(25(21)28-24)27-26(30)22-15-18-29(19-16-22)17-6-5-10-20-8-3-2-4-9-20/h2-4,7-9,11-14,22H,5-6,10,15-19H2,1H3,(H,27,30). The molecule has 0 bridgehead atoms. The van der Waals surface area contributed by atoms with Gasteiger partial charge in [0.1, 0.15) is 0 Å². The molecule has 0 spiro atoms. The van der Waals surface area contributed by atoms with E-state index < -0.39 is 0 Å². The Hall–Kier alpha value is -2.92. The van der Waals surface area contributed by atoms with Crippen molar-refractivity contribution in [3.8, 4) is 5.88 Å². The summed E-state index contributed by atoms with van der Waals surface area (Å²) in [5.74, 6) is 0.706. The molecule has 3 aromatic rings. The van der Waals surface area contributed by atoms with Gasteiger partial charge in [-0.15, -0.1) is 0 Å². The second-order valence-electron chi connectivity index (χ2n) is 8.28. The quantitative estimate of drug-likeness (QED) is 0.529. The van der Waals surface area contributed by atoms with Crippen molar-refractivity contribution in [2.75, 3.05) is 32.1 Å². The minimum absolute atomic E-state index is 0.0569. The number of fused-ring (bicyclic) bond motifs is 1. The summed E-state index contributed by atoms with van der Waals surface area (Å²) in [6.07, 6.45) is 5.37. The summed E-state index contributed by atoms with van der Waals surface area (Å²) in [6.45, 7) is 3.10. The summed E-state index contributed by atoms with van der Waals surface area (Å²) in [6, 6.07) is 20.3. The maximum absolute atomic E-state index is 12.9. The molecule has 1 N–H and O–H groups in total. The van der Waals surface area contributed by atoms with Crippen LogP contribution in [-0.2, 0) is 11.2 Å². The molecule has 1 aliphatic rings. The summed E-state index contributed by atoms with van der Waals surface area (Å²) < 4.78 is 5.25. The highest BCUT2D eigenvalue weighted by molar-refractivity contribution is 6.01. The van der Waals surface area contributed by atoms with Gasteiger partial charge in [-0.1, -0.05) is 42.5 Å². The maximum atomic E-state index is 12.9. The lowest BCUT2D eigenvalue weighted by atomic mass is 9.95. The first-order chi connectivity index (χ1) is 15.2. The second-order valence-corrected chi connectivity index (χ2v) is 8.28. The van der Waals surface area contributed by atoms with Gasteiger partial charge in [-0.05, 0) is 69.4 Å². The molecule has 4 rings (SSSR count). The molecule has 0 saturated carbocycles. The number of hydrogen-bond donors (Lipinski definition) is 1. The van der Waals surface area contributed by atoms with Gasteiger partial charge in [-0.3, -0.25) is 4.79 Å². The van der Waals surface area contributed by atoms with Gasteiger partial charge >= 0.3 is 0 Å². The Labute approximate surface area is 184 Å². The summed E-state index contributed by atoms with van der Waals surface area (Å²) in [5, 5.41) is 4.11. The first kappa shape index (κ1) is 21.3. The van der Waals surface area contributed by atoms with E-state index in [1.54, 1.807) is 7.11 Å². The maximum Gasteiger partial charge on any atom is 0.227 e. The van der Waals surface area contributed by atoms with Gasteiger partial charge in [0.2, 0.25) is 11.8 Å². The Morgan fingerprint density at radius 1 is 1.03 bits per heavy atom. The van der Waals surface area contributed by atoms with E-state index >= 15 is 0 Å². The molecule has 31 heavy (non-hydrogen) atoms. The Morgan fingerprint density at radius 2 is 1.84 bits per heavy atom. The smallest absolute Gasteiger partial charge is 0.227 e. The number of unbranched alkanes of at least 4 members (excludes halogenated alkanes) is 1. The van der Waals surface area contributed by atoms with Gasteiger partial charge in [0.15, 0.2) is 0 Å². The van der Waals surface area contributed by atoms with Crippen molar-refractivity contribution in [1.29, 1.82) is 0 Å². The van der Waals surface area contributed by atoms with Gasteiger partial charge in [-0.25, -0.2) is 4.98 Å². The average Bonchev–Trinajstić information content (AvgIpc) is 2.83. The number of para-hydroxylation sites is 1. The highest BCUT2D eigenvalue weighted by Crippen LogP contribution is 2.26. The van der Waals surface area contributed by atoms with Crippen molar-refractivity contribution in [1.82, 2.24) is 9.88 Å².